The fourth-order valence-electron chi connectivity index (χ4n) is 1.50. The van der Waals surface area contributed by atoms with Crippen LogP contribution in [0.5, 0.6) is 0 Å². The number of hydrogen-bond donors (Lipinski definition) is 3. The maximum Gasteiger partial charge on any atom is 0.311 e. The third-order valence-corrected chi connectivity index (χ3v) is 2.25. The normalized spacial score (nSPS) is 27.3. The first-order chi connectivity index (χ1) is 7.00. The van der Waals surface area contributed by atoms with Gasteiger partial charge in [0.25, 0.3) is 0 Å². The van der Waals surface area contributed by atoms with Crippen LogP contribution < -0.4 is 11.1 Å². The number of aliphatic carboxylic acids is 1. The standard InChI is InChI=1S/C9H16N2O4/c1-5(10)2-8(12)11-7-4-15-3-6(7)9(13)14/h5-7H,2-4,10H2,1H3,(H,11,12)(H,13,14). The maximum atomic E-state index is 11.3. The second-order valence-corrected chi connectivity index (χ2v) is 3.84. The van der Waals surface area contributed by atoms with Crippen molar-refractivity contribution in [2.24, 2.45) is 11.7 Å². The van der Waals surface area contributed by atoms with Gasteiger partial charge >= 0.3 is 5.97 Å². The molecule has 0 spiro atoms. The number of carbonyl (C=O) groups excluding carboxylic acids is 1. The average molecular weight is 216 g/mol. The summed E-state index contributed by atoms with van der Waals surface area (Å²) in [5.74, 6) is -1.83. The van der Waals surface area contributed by atoms with Crippen LogP contribution in [0.3, 0.4) is 0 Å². The van der Waals surface area contributed by atoms with E-state index < -0.39 is 17.9 Å². The van der Waals surface area contributed by atoms with Gasteiger partial charge in [0.1, 0.15) is 5.92 Å². The van der Waals surface area contributed by atoms with Gasteiger partial charge in [-0.05, 0) is 6.92 Å². The summed E-state index contributed by atoms with van der Waals surface area (Å²) >= 11 is 0. The molecule has 6 nitrogen and oxygen atoms in total. The second-order valence-electron chi connectivity index (χ2n) is 3.84. The van der Waals surface area contributed by atoms with Gasteiger partial charge in [0, 0.05) is 12.5 Å². The zero-order valence-corrected chi connectivity index (χ0v) is 8.60. The van der Waals surface area contributed by atoms with Crippen LogP contribution in [0.4, 0.5) is 0 Å². The lowest BCUT2D eigenvalue weighted by Gasteiger charge is -2.16. The largest absolute Gasteiger partial charge is 0.481 e. The summed E-state index contributed by atoms with van der Waals surface area (Å²) in [5.41, 5.74) is 5.45. The quantitative estimate of drug-likeness (QED) is 0.556. The second kappa shape index (κ2) is 5.09. The van der Waals surface area contributed by atoms with E-state index in [1.165, 1.54) is 0 Å². The van der Waals surface area contributed by atoms with Crippen molar-refractivity contribution in [1.29, 1.82) is 0 Å². The summed E-state index contributed by atoms with van der Waals surface area (Å²) in [5, 5.41) is 11.4. The minimum atomic E-state index is -0.946. The molecule has 3 atom stereocenters. The van der Waals surface area contributed by atoms with Gasteiger partial charge < -0.3 is 20.9 Å². The first-order valence-corrected chi connectivity index (χ1v) is 4.86. The fraction of sp³-hybridized carbons (Fsp3) is 0.778. The molecule has 0 radical (unpaired) electrons. The molecule has 1 rings (SSSR count). The summed E-state index contributed by atoms with van der Waals surface area (Å²) in [7, 11) is 0. The molecule has 86 valence electrons. The Hall–Kier alpha value is -1.14. The van der Waals surface area contributed by atoms with E-state index in [0.717, 1.165) is 0 Å². The Kier molecular flexibility index (Phi) is 4.05. The Bertz CT molecular complexity index is 254. The smallest absolute Gasteiger partial charge is 0.311 e. The monoisotopic (exact) mass is 216 g/mol. The van der Waals surface area contributed by atoms with Crippen molar-refractivity contribution in [3.63, 3.8) is 0 Å². The highest BCUT2D eigenvalue weighted by Crippen LogP contribution is 2.13. The molecule has 4 N–H and O–H groups in total. The van der Waals surface area contributed by atoms with Crippen molar-refractivity contribution in [3.8, 4) is 0 Å². The predicted octanol–water partition coefficient (Wildman–Crippen LogP) is -1.06. The molecule has 1 fully saturated rings. The van der Waals surface area contributed by atoms with Gasteiger partial charge in [0.05, 0.1) is 19.3 Å². The van der Waals surface area contributed by atoms with Crippen LogP contribution in [-0.4, -0.2) is 42.3 Å². The van der Waals surface area contributed by atoms with Crippen molar-refractivity contribution in [2.45, 2.75) is 25.4 Å². The molecule has 0 aromatic carbocycles. The highest BCUT2D eigenvalue weighted by molar-refractivity contribution is 5.78. The van der Waals surface area contributed by atoms with Crippen LogP contribution in [-0.2, 0) is 14.3 Å². The molecule has 0 bridgehead atoms. The fourth-order valence-corrected chi connectivity index (χ4v) is 1.50. The lowest BCUT2D eigenvalue weighted by atomic mass is 10.0. The van der Waals surface area contributed by atoms with Gasteiger partial charge in [-0.15, -0.1) is 0 Å². The molecule has 1 heterocycles. The highest BCUT2D eigenvalue weighted by Gasteiger charge is 2.34. The molecular weight excluding hydrogens is 200 g/mol. The topological polar surface area (TPSA) is 102 Å². The van der Waals surface area contributed by atoms with Gasteiger partial charge in [-0.25, -0.2) is 0 Å². The first-order valence-electron chi connectivity index (χ1n) is 4.86. The van der Waals surface area contributed by atoms with Crippen LogP contribution in [0.25, 0.3) is 0 Å². The van der Waals surface area contributed by atoms with E-state index in [2.05, 4.69) is 5.32 Å². The number of carboxylic acids is 1. The Labute approximate surface area is 87.8 Å². The van der Waals surface area contributed by atoms with E-state index >= 15 is 0 Å². The number of carbonyl (C=O) groups is 2. The third-order valence-electron chi connectivity index (χ3n) is 2.25. The molecule has 0 aliphatic carbocycles. The molecule has 0 aromatic heterocycles. The predicted molar refractivity (Wildman–Crippen MR) is 52.1 cm³/mol. The molecule has 0 aromatic rings. The van der Waals surface area contributed by atoms with E-state index in [0.29, 0.717) is 0 Å². The number of rotatable bonds is 4. The number of hydrogen-bond acceptors (Lipinski definition) is 4. The van der Waals surface area contributed by atoms with Gasteiger partial charge in [-0.3, -0.25) is 9.59 Å². The summed E-state index contributed by atoms with van der Waals surface area (Å²) in [6, 6.07) is -0.663. The lowest BCUT2D eigenvalue weighted by molar-refractivity contribution is -0.142. The van der Waals surface area contributed by atoms with Gasteiger partial charge in [-0.2, -0.15) is 0 Å². The van der Waals surface area contributed by atoms with E-state index in [1.54, 1.807) is 6.92 Å². The Morgan fingerprint density at radius 1 is 1.60 bits per heavy atom. The van der Waals surface area contributed by atoms with E-state index in [-0.39, 0.29) is 31.6 Å². The Morgan fingerprint density at radius 2 is 2.27 bits per heavy atom. The molecule has 1 aliphatic heterocycles. The number of amides is 1. The molecule has 3 unspecified atom stereocenters. The molecular formula is C9H16N2O4. The highest BCUT2D eigenvalue weighted by atomic mass is 16.5. The van der Waals surface area contributed by atoms with Crippen LogP contribution in [0.15, 0.2) is 0 Å². The minimum absolute atomic E-state index is 0.151. The number of ether oxygens (including phenoxy) is 1. The van der Waals surface area contributed by atoms with Crippen molar-refractivity contribution >= 4 is 11.9 Å². The van der Waals surface area contributed by atoms with Crippen LogP contribution in [0.2, 0.25) is 0 Å². The first kappa shape index (κ1) is 11.9. The van der Waals surface area contributed by atoms with Crippen molar-refractivity contribution in [1.82, 2.24) is 5.32 Å². The van der Waals surface area contributed by atoms with Gasteiger partial charge in [-0.1, -0.05) is 0 Å². The van der Waals surface area contributed by atoms with E-state index in [1.807, 2.05) is 0 Å². The number of nitrogens with one attached hydrogen (secondary N) is 1. The minimum Gasteiger partial charge on any atom is -0.481 e. The summed E-state index contributed by atoms with van der Waals surface area (Å²) in [4.78, 5) is 22.1. The molecule has 1 amide bonds. The molecule has 0 saturated carbocycles. The Balaban J connectivity index is 2.43. The van der Waals surface area contributed by atoms with Crippen LogP contribution in [0.1, 0.15) is 13.3 Å². The van der Waals surface area contributed by atoms with Crippen LogP contribution >= 0.6 is 0 Å². The number of nitrogens with two attached hydrogens (primary N) is 1. The molecule has 1 saturated heterocycles. The average Bonchev–Trinajstić information content (AvgIpc) is 2.50. The third kappa shape index (κ3) is 3.49. The van der Waals surface area contributed by atoms with Crippen LogP contribution in [0, 0.1) is 5.92 Å². The molecule has 1 aliphatic rings. The molecule has 6 heteroatoms. The van der Waals surface area contributed by atoms with Crippen molar-refractivity contribution in [2.75, 3.05) is 13.2 Å². The van der Waals surface area contributed by atoms with Crippen molar-refractivity contribution in [3.05, 3.63) is 0 Å². The van der Waals surface area contributed by atoms with Gasteiger partial charge in [0.15, 0.2) is 0 Å². The molecule has 15 heavy (non-hydrogen) atoms. The summed E-state index contributed by atoms with van der Waals surface area (Å²) in [6.07, 6.45) is 0.197. The summed E-state index contributed by atoms with van der Waals surface area (Å²) in [6.45, 7) is 2.12. The van der Waals surface area contributed by atoms with Crippen molar-refractivity contribution < 1.29 is 19.4 Å². The zero-order valence-electron chi connectivity index (χ0n) is 8.60. The van der Waals surface area contributed by atoms with Gasteiger partial charge in [0.2, 0.25) is 5.91 Å². The maximum absolute atomic E-state index is 11.3. The SMILES string of the molecule is CC(N)CC(=O)NC1COCC1C(=O)O. The van der Waals surface area contributed by atoms with E-state index in [9.17, 15) is 9.59 Å². The Morgan fingerprint density at radius 3 is 2.80 bits per heavy atom. The van der Waals surface area contributed by atoms with E-state index in [4.69, 9.17) is 15.6 Å². The lowest BCUT2D eigenvalue weighted by Crippen LogP contribution is -2.44. The number of carboxylic acid groups (broad SMARTS) is 1. The zero-order chi connectivity index (χ0) is 11.4. The summed E-state index contributed by atoms with van der Waals surface area (Å²) < 4.78 is 5.01.